The number of fused-ring (bicyclic) bond motifs is 1. The number of imidazole rings is 1. The molecule has 0 radical (unpaired) electrons. The minimum absolute atomic E-state index is 0.268. The molecule has 0 spiro atoms. The van der Waals surface area contributed by atoms with Crippen molar-refractivity contribution < 1.29 is 14.2 Å². The van der Waals surface area contributed by atoms with E-state index in [-0.39, 0.29) is 5.92 Å². The van der Waals surface area contributed by atoms with E-state index in [0.29, 0.717) is 17.2 Å². The number of hydrogen-bond acceptors (Lipinski definition) is 7. The number of nitrogens with one attached hydrogen (secondary N) is 1. The Morgan fingerprint density at radius 1 is 0.968 bits per heavy atom. The van der Waals surface area contributed by atoms with Crippen LogP contribution < -0.4 is 19.5 Å². The van der Waals surface area contributed by atoms with Gasteiger partial charge in [-0.05, 0) is 25.7 Å². The number of benzene rings is 1. The molecule has 4 rings (SSSR count). The van der Waals surface area contributed by atoms with Crippen LogP contribution in [0.2, 0.25) is 0 Å². The molecule has 0 fully saturated rings. The molecule has 164 valence electrons. The van der Waals surface area contributed by atoms with Crippen molar-refractivity contribution in [2.24, 2.45) is 0 Å². The van der Waals surface area contributed by atoms with Gasteiger partial charge in [-0.2, -0.15) is 0 Å². The van der Waals surface area contributed by atoms with Crippen LogP contribution in [0.3, 0.4) is 0 Å². The summed E-state index contributed by atoms with van der Waals surface area (Å²) in [5.74, 6) is 4.45. The summed E-state index contributed by atoms with van der Waals surface area (Å²) in [7, 11) is 4.80. The number of nitrogens with zero attached hydrogens (tertiary/aromatic N) is 4. The number of ether oxygens (including phenoxy) is 3. The van der Waals surface area contributed by atoms with E-state index in [0.717, 1.165) is 48.1 Å². The molecule has 1 aromatic carbocycles. The molecular weight excluding hydrogens is 394 g/mol. The van der Waals surface area contributed by atoms with Crippen LogP contribution in [-0.4, -0.2) is 40.8 Å². The Morgan fingerprint density at radius 3 is 2.32 bits per heavy atom. The van der Waals surface area contributed by atoms with Crippen LogP contribution in [0.1, 0.15) is 49.7 Å². The van der Waals surface area contributed by atoms with Crippen LogP contribution >= 0.6 is 0 Å². The Hall–Kier alpha value is -3.29. The molecule has 0 saturated carbocycles. The largest absolute Gasteiger partial charge is 0.493 e. The van der Waals surface area contributed by atoms with Crippen LogP contribution in [-0.2, 0) is 12.8 Å². The van der Waals surface area contributed by atoms with Crippen molar-refractivity contribution in [1.29, 1.82) is 0 Å². The van der Waals surface area contributed by atoms with Crippen molar-refractivity contribution in [2.75, 3.05) is 26.6 Å². The quantitative estimate of drug-likeness (QED) is 0.602. The molecule has 2 heterocycles. The van der Waals surface area contributed by atoms with Gasteiger partial charge in [-0.1, -0.05) is 13.8 Å². The molecule has 0 atom stereocenters. The molecule has 8 nitrogen and oxygen atoms in total. The predicted octanol–water partition coefficient (Wildman–Crippen LogP) is 4.43. The maximum Gasteiger partial charge on any atom is 0.203 e. The first kappa shape index (κ1) is 21.0. The first-order chi connectivity index (χ1) is 15.0. The molecule has 1 N–H and O–H groups in total. The van der Waals surface area contributed by atoms with Crippen LogP contribution in [0.4, 0.5) is 11.6 Å². The third kappa shape index (κ3) is 4.15. The fraction of sp³-hybridized carbons (Fsp3) is 0.435. The highest BCUT2D eigenvalue weighted by atomic mass is 16.5. The Kier molecular flexibility index (Phi) is 5.97. The van der Waals surface area contributed by atoms with Gasteiger partial charge in [0.25, 0.3) is 0 Å². The molecule has 1 aliphatic carbocycles. The Bertz CT molecular complexity index is 1050. The van der Waals surface area contributed by atoms with Crippen LogP contribution in [0, 0.1) is 0 Å². The second-order valence-electron chi connectivity index (χ2n) is 7.89. The normalized spacial score (nSPS) is 13.1. The lowest BCUT2D eigenvalue weighted by Gasteiger charge is -2.20. The lowest BCUT2D eigenvalue weighted by Crippen LogP contribution is -2.14. The van der Waals surface area contributed by atoms with Crippen LogP contribution in [0.5, 0.6) is 17.2 Å². The number of aromatic nitrogens is 4. The molecule has 0 saturated heterocycles. The molecule has 2 aromatic heterocycles. The van der Waals surface area contributed by atoms with Crippen LogP contribution in [0.15, 0.2) is 24.7 Å². The van der Waals surface area contributed by atoms with Crippen molar-refractivity contribution in [3.63, 3.8) is 0 Å². The van der Waals surface area contributed by atoms with Crippen molar-refractivity contribution in [3.8, 4) is 22.9 Å². The van der Waals surface area contributed by atoms with Crippen molar-refractivity contribution in [2.45, 2.75) is 45.4 Å². The average Bonchev–Trinajstić information content (AvgIpc) is 3.26. The van der Waals surface area contributed by atoms with E-state index < -0.39 is 0 Å². The molecule has 31 heavy (non-hydrogen) atoms. The first-order valence-electron chi connectivity index (χ1n) is 10.5. The van der Waals surface area contributed by atoms with Crippen molar-refractivity contribution in [1.82, 2.24) is 19.5 Å². The summed E-state index contributed by atoms with van der Waals surface area (Å²) in [6.07, 6.45) is 8.01. The SMILES string of the molecule is COc1cc(-n2cnc(Nc3nc(C(C)C)nc4c3CCCC4)c2)cc(OC)c1OC. The highest BCUT2D eigenvalue weighted by molar-refractivity contribution is 5.60. The minimum atomic E-state index is 0.268. The van der Waals surface area contributed by atoms with E-state index in [1.165, 1.54) is 12.0 Å². The number of rotatable bonds is 7. The molecule has 0 unspecified atom stereocenters. The summed E-state index contributed by atoms with van der Waals surface area (Å²) in [5, 5.41) is 3.43. The van der Waals surface area contributed by atoms with E-state index in [2.05, 4.69) is 24.1 Å². The van der Waals surface area contributed by atoms with Gasteiger partial charge in [0.15, 0.2) is 11.5 Å². The van der Waals surface area contributed by atoms with E-state index in [4.69, 9.17) is 24.2 Å². The molecule has 8 heteroatoms. The van der Waals surface area contributed by atoms with E-state index in [1.807, 2.05) is 22.9 Å². The average molecular weight is 424 g/mol. The molecule has 0 bridgehead atoms. The van der Waals surface area contributed by atoms with Gasteiger partial charge in [0, 0.05) is 29.3 Å². The Morgan fingerprint density at radius 2 is 1.68 bits per heavy atom. The van der Waals surface area contributed by atoms with Gasteiger partial charge in [-0.15, -0.1) is 0 Å². The van der Waals surface area contributed by atoms with E-state index >= 15 is 0 Å². The fourth-order valence-corrected chi connectivity index (χ4v) is 3.84. The molecule has 0 aliphatic heterocycles. The zero-order valence-electron chi connectivity index (χ0n) is 18.7. The zero-order valence-corrected chi connectivity index (χ0v) is 18.7. The van der Waals surface area contributed by atoms with Gasteiger partial charge in [0.2, 0.25) is 5.75 Å². The predicted molar refractivity (Wildman–Crippen MR) is 119 cm³/mol. The third-order valence-electron chi connectivity index (χ3n) is 5.49. The topological polar surface area (TPSA) is 83.3 Å². The molecule has 0 amide bonds. The van der Waals surface area contributed by atoms with Crippen molar-refractivity contribution >= 4 is 11.6 Å². The highest BCUT2D eigenvalue weighted by Crippen LogP contribution is 2.39. The maximum atomic E-state index is 5.47. The summed E-state index contributed by atoms with van der Waals surface area (Å²) < 4.78 is 18.3. The smallest absolute Gasteiger partial charge is 0.203 e. The molecular formula is C23H29N5O3. The lowest BCUT2D eigenvalue weighted by atomic mass is 9.96. The van der Waals surface area contributed by atoms with Gasteiger partial charge < -0.3 is 24.1 Å². The molecule has 3 aromatic rings. The first-order valence-corrected chi connectivity index (χ1v) is 10.5. The summed E-state index contributed by atoms with van der Waals surface area (Å²) in [5.41, 5.74) is 3.22. The number of aryl methyl sites for hydroxylation is 1. The van der Waals surface area contributed by atoms with Gasteiger partial charge in [-0.3, -0.25) is 0 Å². The van der Waals surface area contributed by atoms with Gasteiger partial charge >= 0.3 is 0 Å². The Balaban J connectivity index is 1.67. The van der Waals surface area contributed by atoms with E-state index in [9.17, 15) is 0 Å². The van der Waals surface area contributed by atoms with E-state index in [1.54, 1.807) is 27.7 Å². The van der Waals surface area contributed by atoms with Crippen molar-refractivity contribution in [3.05, 3.63) is 41.7 Å². The summed E-state index contributed by atoms with van der Waals surface area (Å²) in [6, 6.07) is 3.77. The number of hydrogen-bond donors (Lipinski definition) is 1. The summed E-state index contributed by atoms with van der Waals surface area (Å²) in [4.78, 5) is 14.2. The van der Waals surface area contributed by atoms with Gasteiger partial charge in [0.1, 0.15) is 23.8 Å². The number of anilines is 2. The summed E-state index contributed by atoms with van der Waals surface area (Å²) in [6.45, 7) is 4.24. The number of methoxy groups -OCH3 is 3. The second kappa shape index (κ2) is 8.83. The molecule has 1 aliphatic rings. The standard InChI is InChI=1S/C23H29N5O3/c1-14(2)22-25-17-9-7-6-8-16(17)23(27-22)26-20-12-28(13-24-20)15-10-18(29-3)21(31-5)19(11-15)30-4/h10-14H,6-9H2,1-5H3,(H,25,26,27). The monoisotopic (exact) mass is 423 g/mol. The zero-order chi connectivity index (χ0) is 22.0. The van der Waals surface area contributed by atoms with Crippen LogP contribution in [0.25, 0.3) is 5.69 Å². The second-order valence-corrected chi connectivity index (χ2v) is 7.89. The third-order valence-corrected chi connectivity index (χ3v) is 5.49. The summed E-state index contributed by atoms with van der Waals surface area (Å²) >= 11 is 0. The van der Waals surface area contributed by atoms with Gasteiger partial charge in [-0.25, -0.2) is 15.0 Å². The Labute approximate surface area is 182 Å². The lowest BCUT2D eigenvalue weighted by molar-refractivity contribution is 0.324. The maximum absolute atomic E-state index is 5.47. The van der Waals surface area contributed by atoms with Gasteiger partial charge in [0.05, 0.1) is 33.2 Å². The minimum Gasteiger partial charge on any atom is -0.493 e. The highest BCUT2D eigenvalue weighted by Gasteiger charge is 2.20. The fourth-order valence-electron chi connectivity index (χ4n) is 3.84.